The van der Waals surface area contributed by atoms with Crippen molar-refractivity contribution in [3.63, 3.8) is 0 Å². The summed E-state index contributed by atoms with van der Waals surface area (Å²) in [6.07, 6.45) is 7.04. The number of carbonyl (C=O) groups is 1. The lowest BCUT2D eigenvalue weighted by atomic mass is 10.1. The highest BCUT2D eigenvalue weighted by atomic mass is 19.1. The van der Waals surface area contributed by atoms with Crippen LogP contribution in [0, 0.1) is 25.6 Å². The molecule has 2 aliphatic rings. The van der Waals surface area contributed by atoms with E-state index in [1.54, 1.807) is 36.9 Å². The normalized spacial score (nSPS) is 19.5. The van der Waals surface area contributed by atoms with Gasteiger partial charge in [-0.15, -0.1) is 0 Å². The first kappa shape index (κ1) is 24.7. The molecule has 35 heavy (non-hydrogen) atoms. The monoisotopic (exact) mass is 487 g/mol. The highest BCUT2D eigenvalue weighted by Crippen LogP contribution is 2.27. The second kappa shape index (κ2) is 10.9. The quantitative estimate of drug-likeness (QED) is 0.401. The van der Waals surface area contributed by atoms with Gasteiger partial charge in [0.1, 0.15) is 12.0 Å². The smallest absolute Gasteiger partial charge is 0.220 e. The van der Waals surface area contributed by atoms with Gasteiger partial charge in [-0.25, -0.2) is 18.4 Å². The number of ether oxygens (including phenoxy) is 1. The SMILES string of the molecule is Cc1cc(-n2cc(-c3cc(NC4CCOCC4F)cnc3F)cn2)c(C)cc1F.O=CNC1CC1. The molecule has 2 aromatic heterocycles. The molecule has 5 rings (SSSR count). The first-order chi connectivity index (χ1) is 16.9. The summed E-state index contributed by atoms with van der Waals surface area (Å²) in [4.78, 5) is 13.3. The molecule has 1 aliphatic carbocycles. The fraction of sp³-hybridized carbons (Fsp3) is 0.400. The van der Waals surface area contributed by atoms with Crippen molar-refractivity contribution in [2.75, 3.05) is 18.5 Å². The number of amides is 1. The Hall–Kier alpha value is -3.40. The molecule has 2 fully saturated rings. The summed E-state index contributed by atoms with van der Waals surface area (Å²) >= 11 is 0. The van der Waals surface area contributed by atoms with E-state index in [2.05, 4.69) is 20.7 Å². The molecule has 7 nitrogen and oxygen atoms in total. The van der Waals surface area contributed by atoms with Crippen LogP contribution in [0.25, 0.3) is 16.8 Å². The Morgan fingerprint density at radius 2 is 1.91 bits per heavy atom. The van der Waals surface area contributed by atoms with E-state index >= 15 is 0 Å². The highest BCUT2D eigenvalue weighted by Gasteiger charge is 2.25. The molecule has 2 N–H and O–H groups in total. The Bertz CT molecular complexity index is 1180. The maximum absolute atomic E-state index is 14.4. The van der Waals surface area contributed by atoms with Crippen molar-refractivity contribution in [1.82, 2.24) is 20.1 Å². The van der Waals surface area contributed by atoms with Gasteiger partial charge in [0.15, 0.2) is 0 Å². The van der Waals surface area contributed by atoms with Crippen LogP contribution in [0.5, 0.6) is 0 Å². The van der Waals surface area contributed by atoms with Crippen molar-refractivity contribution in [2.45, 2.75) is 51.4 Å². The molecular formula is C25H28F3N5O2. The lowest BCUT2D eigenvalue weighted by molar-refractivity contribution is -0.109. The first-order valence-corrected chi connectivity index (χ1v) is 11.5. The number of aryl methyl sites for hydroxylation is 2. The zero-order valence-electron chi connectivity index (χ0n) is 19.6. The lowest BCUT2D eigenvalue weighted by Crippen LogP contribution is -2.39. The molecule has 10 heteroatoms. The average molecular weight is 488 g/mol. The zero-order valence-corrected chi connectivity index (χ0v) is 19.6. The Kier molecular flexibility index (Phi) is 7.70. The van der Waals surface area contributed by atoms with Gasteiger partial charge in [0.25, 0.3) is 0 Å². The summed E-state index contributed by atoms with van der Waals surface area (Å²) in [6, 6.07) is 4.86. The van der Waals surface area contributed by atoms with E-state index in [9.17, 15) is 18.0 Å². The maximum atomic E-state index is 14.4. The largest absolute Gasteiger partial charge is 0.378 e. The molecule has 0 spiro atoms. The Balaban J connectivity index is 0.000000421. The molecule has 1 saturated carbocycles. The summed E-state index contributed by atoms with van der Waals surface area (Å²) in [6.45, 7) is 3.98. The van der Waals surface area contributed by atoms with Crippen molar-refractivity contribution in [3.8, 4) is 16.8 Å². The summed E-state index contributed by atoms with van der Waals surface area (Å²) in [5.74, 6) is -0.933. The number of hydrogen-bond donors (Lipinski definition) is 2. The number of aromatic nitrogens is 3. The fourth-order valence-electron chi connectivity index (χ4n) is 3.76. The number of pyridine rings is 1. The molecule has 3 aromatic rings. The van der Waals surface area contributed by atoms with E-state index < -0.39 is 18.2 Å². The van der Waals surface area contributed by atoms with Crippen molar-refractivity contribution in [1.29, 1.82) is 0 Å². The van der Waals surface area contributed by atoms with Gasteiger partial charge < -0.3 is 15.4 Å². The summed E-state index contributed by atoms with van der Waals surface area (Å²) < 4.78 is 48.8. The second-order valence-corrected chi connectivity index (χ2v) is 8.81. The van der Waals surface area contributed by atoms with Crippen LogP contribution in [0.3, 0.4) is 0 Å². The maximum Gasteiger partial charge on any atom is 0.220 e. The standard InChI is InChI=1S/C21H21F3N4O.C4H7NO/c1-12-6-20(13(2)5-17(12)22)28-10-14(8-26-28)16-7-15(9-25-21(16)24)27-19-3-4-29-11-18(19)23;6-3-5-4-1-2-4/h5-10,18-19,27H,3-4,11H2,1-2H3;3-4H,1-2H2,(H,5,6). The third-order valence-corrected chi connectivity index (χ3v) is 5.98. The molecule has 1 aromatic carbocycles. The van der Waals surface area contributed by atoms with Crippen LogP contribution in [0.1, 0.15) is 30.4 Å². The summed E-state index contributed by atoms with van der Waals surface area (Å²) in [5, 5.41) is 10.0. The third-order valence-electron chi connectivity index (χ3n) is 5.98. The van der Waals surface area contributed by atoms with Crippen LogP contribution in [-0.2, 0) is 9.53 Å². The van der Waals surface area contributed by atoms with Gasteiger partial charge >= 0.3 is 0 Å². The lowest BCUT2D eigenvalue weighted by Gasteiger charge is -2.27. The average Bonchev–Trinajstić information content (AvgIpc) is 3.53. The van der Waals surface area contributed by atoms with Crippen molar-refractivity contribution in [2.24, 2.45) is 0 Å². The third kappa shape index (κ3) is 6.19. The molecule has 1 aliphatic heterocycles. The number of anilines is 1. The van der Waals surface area contributed by atoms with Crippen LogP contribution < -0.4 is 10.6 Å². The van der Waals surface area contributed by atoms with E-state index in [0.717, 1.165) is 6.41 Å². The molecule has 1 amide bonds. The number of benzene rings is 1. The predicted molar refractivity (Wildman–Crippen MR) is 126 cm³/mol. The predicted octanol–water partition coefficient (Wildman–Crippen LogP) is 4.26. The summed E-state index contributed by atoms with van der Waals surface area (Å²) in [5.41, 5.74) is 3.21. The number of halogens is 3. The fourth-order valence-corrected chi connectivity index (χ4v) is 3.76. The first-order valence-electron chi connectivity index (χ1n) is 11.5. The van der Waals surface area contributed by atoms with Crippen LogP contribution >= 0.6 is 0 Å². The molecule has 2 unspecified atom stereocenters. The van der Waals surface area contributed by atoms with E-state index in [-0.39, 0.29) is 18.0 Å². The van der Waals surface area contributed by atoms with Gasteiger partial charge in [-0.1, -0.05) is 0 Å². The van der Waals surface area contributed by atoms with Crippen molar-refractivity contribution >= 4 is 12.1 Å². The molecule has 0 radical (unpaired) electrons. The highest BCUT2D eigenvalue weighted by molar-refractivity contribution is 5.67. The topological polar surface area (TPSA) is 81.1 Å². The minimum Gasteiger partial charge on any atom is -0.378 e. The minimum absolute atomic E-state index is 0.0440. The van der Waals surface area contributed by atoms with Crippen molar-refractivity contribution in [3.05, 3.63) is 59.7 Å². The van der Waals surface area contributed by atoms with Crippen LogP contribution in [0.15, 0.2) is 36.8 Å². The Morgan fingerprint density at radius 1 is 1.11 bits per heavy atom. The van der Waals surface area contributed by atoms with E-state index in [1.807, 2.05) is 0 Å². The van der Waals surface area contributed by atoms with Crippen molar-refractivity contribution < 1.29 is 22.7 Å². The van der Waals surface area contributed by atoms with Gasteiger partial charge in [0.2, 0.25) is 12.4 Å². The minimum atomic E-state index is -1.13. The van der Waals surface area contributed by atoms with Gasteiger partial charge in [-0.05, 0) is 62.4 Å². The summed E-state index contributed by atoms with van der Waals surface area (Å²) in [7, 11) is 0. The molecule has 1 saturated heterocycles. The Labute approximate surface area is 201 Å². The zero-order chi connectivity index (χ0) is 24.9. The van der Waals surface area contributed by atoms with E-state index in [4.69, 9.17) is 4.74 Å². The van der Waals surface area contributed by atoms with Gasteiger partial charge in [0, 0.05) is 30.0 Å². The second-order valence-electron chi connectivity index (χ2n) is 8.81. The number of hydrogen-bond acceptors (Lipinski definition) is 5. The number of nitrogens with one attached hydrogen (secondary N) is 2. The Morgan fingerprint density at radius 3 is 2.60 bits per heavy atom. The molecular weight excluding hydrogens is 459 g/mol. The van der Waals surface area contributed by atoms with E-state index in [1.165, 1.54) is 31.3 Å². The number of carbonyl (C=O) groups excluding carboxylic acids is 1. The van der Waals surface area contributed by atoms with Gasteiger partial charge in [-0.2, -0.15) is 9.49 Å². The van der Waals surface area contributed by atoms with E-state index in [0.29, 0.717) is 47.1 Å². The van der Waals surface area contributed by atoms with Gasteiger partial charge in [0.05, 0.1) is 36.4 Å². The number of alkyl halides is 1. The molecule has 0 bridgehead atoms. The molecule has 3 heterocycles. The molecule has 2 atom stereocenters. The number of rotatable bonds is 6. The molecule has 186 valence electrons. The van der Waals surface area contributed by atoms with Gasteiger partial charge in [-0.3, -0.25) is 4.79 Å². The number of nitrogens with zero attached hydrogens (tertiary/aromatic N) is 3. The van der Waals surface area contributed by atoms with Crippen LogP contribution in [-0.4, -0.2) is 52.6 Å². The van der Waals surface area contributed by atoms with Crippen LogP contribution in [0.2, 0.25) is 0 Å². The van der Waals surface area contributed by atoms with Crippen LogP contribution in [0.4, 0.5) is 18.9 Å².